The Balaban J connectivity index is 1.62. The zero-order valence-corrected chi connectivity index (χ0v) is 16.5. The highest BCUT2D eigenvalue weighted by Gasteiger charge is 2.20. The average Bonchev–Trinajstić information content (AvgIpc) is 3.21. The second-order valence-electron chi connectivity index (χ2n) is 6.43. The third-order valence-electron chi connectivity index (χ3n) is 4.35. The van der Waals surface area contributed by atoms with Crippen molar-refractivity contribution in [2.45, 2.75) is 30.8 Å². The molecule has 1 aliphatic rings. The average molecular weight is 404 g/mol. The fraction of sp³-hybridized carbons (Fsp3) is 0.350. The first kappa shape index (κ1) is 20.3. The molecule has 7 nitrogen and oxygen atoms in total. The number of amides is 1. The van der Waals surface area contributed by atoms with Crippen molar-refractivity contribution in [3.8, 4) is 5.75 Å². The molecule has 2 N–H and O–H groups in total. The van der Waals surface area contributed by atoms with Crippen molar-refractivity contribution in [3.63, 3.8) is 0 Å². The number of rotatable bonds is 8. The second-order valence-corrected chi connectivity index (χ2v) is 8.19. The molecule has 0 radical (unpaired) electrons. The number of anilines is 1. The lowest BCUT2D eigenvalue weighted by Gasteiger charge is -2.12. The molecule has 3 rings (SSSR count). The van der Waals surface area contributed by atoms with Crippen molar-refractivity contribution in [2.24, 2.45) is 0 Å². The Hall–Kier alpha value is -2.42. The first-order valence-corrected chi connectivity index (χ1v) is 10.7. The normalized spacial score (nSPS) is 16.7. The van der Waals surface area contributed by atoms with E-state index in [0.29, 0.717) is 30.2 Å². The van der Waals surface area contributed by atoms with Crippen molar-refractivity contribution in [2.75, 3.05) is 25.1 Å². The minimum absolute atomic E-state index is 0.0766. The minimum atomic E-state index is -3.64. The van der Waals surface area contributed by atoms with E-state index in [9.17, 15) is 13.2 Å². The van der Waals surface area contributed by atoms with E-state index in [2.05, 4.69) is 10.0 Å². The Morgan fingerprint density at radius 1 is 1.21 bits per heavy atom. The Bertz CT molecular complexity index is 906. The van der Waals surface area contributed by atoms with E-state index in [0.717, 1.165) is 12.8 Å². The molecule has 8 heteroatoms. The first-order valence-electron chi connectivity index (χ1n) is 9.23. The standard InChI is InChI=1S/C20H24N2O5S/c1-2-26-17-6-3-5-16(13-17)22-20(23)15-8-10-19(11-9-15)28(24,25)21-14-18-7-4-12-27-18/h3,5-6,8-11,13,18,21H,2,4,7,12,14H2,1H3,(H,22,23). The van der Waals surface area contributed by atoms with Gasteiger partial charge in [0.2, 0.25) is 10.0 Å². The molecule has 28 heavy (non-hydrogen) atoms. The molecule has 1 unspecified atom stereocenters. The van der Waals surface area contributed by atoms with Gasteiger partial charge in [-0.2, -0.15) is 0 Å². The molecule has 0 spiro atoms. The predicted molar refractivity (Wildman–Crippen MR) is 106 cm³/mol. The number of nitrogens with one attached hydrogen (secondary N) is 2. The summed E-state index contributed by atoms with van der Waals surface area (Å²) >= 11 is 0. The van der Waals surface area contributed by atoms with Crippen LogP contribution in [0, 0.1) is 0 Å². The molecule has 1 atom stereocenters. The van der Waals surface area contributed by atoms with Crippen molar-refractivity contribution in [1.82, 2.24) is 4.72 Å². The van der Waals surface area contributed by atoms with E-state index >= 15 is 0 Å². The molecular weight excluding hydrogens is 380 g/mol. The molecule has 1 amide bonds. The maximum absolute atomic E-state index is 12.4. The van der Waals surface area contributed by atoms with Crippen molar-refractivity contribution >= 4 is 21.6 Å². The molecule has 1 saturated heterocycles. The molecule has 0 bridgehead atoms. The molecule has 1 fully saturated rings. The highest BCUT2D eigenvalue weighted by molar-refractivity contribution is 7.89. The van der Waals surface area contributed by atoms with Gasteiger partial charge in [0.05, 0.1) is 17.6 Å². The van der Waals surface area contributed by atoms with Gasteiger partial charge in [-0.3, -0.25) is 4.79 Å². The van der Waals surface area contributed by atoms with Gasteiger partial charge in [-0.15, -0.1) is 0 Å². The van der Waals surface area contributed by atoms with Gasteiger partial charge in [-0.1, -0.05) is 6.07 Å². The third kappa shape index (κ3) is 5.31. The number of sulfonamides is 1. The second kappa shape index (κ2) is 9.18. The van der Waals surface area contributed by atoms with Crippen LogP contribution in [-0.2, 0) is 14.8 Å². The largest absolute Gasteiger partial charge is 0.494 e. The highest BCUT2D eigenvalue weighted by Crippen LogP contribution is 2.19. The Labute approximate surface area is 165 Å². The van der Waals surface area contributed by atoms with Gasteiger partial charge < -0.3 is 14.8 Å². The smallest absolute Gasteiger partial charge is 0.255 e. The summed E-state index contributed by atoms with van der Waals surface area (Å²) in [5.41, 5.74) is 0.964. The van der Waals surface area contributed by atoms with Crippen LogP contribution in [0.4, 0.5) is 5.69 Å². The number of benzene rings is 2. The predicted octanol–water partition coefficient (Wildman–Crippen LogP) is 2.79. The number of carbonyl (C=O) groups excluding carboxylic acids is 1. The molecule has 1 heterocycles. The maximum Gasteiger partial charge on any atom is 0.255 e. The molecule has 0 saturated carbocycles. The zero-order valence-electron chi connectivity index (χ0n) is 15.7. The van der Waals surface area contributed by atoms with Gasteiger partial charge in [0.1, 0.15) is 5.75 Å². The van der Waals surface area contributed by atoms with E-state index in [1.165, 1.54) is 24.3 Å². The van der Waals surface area contributed by atoms with Crippen LogP contribution < -0.4 is 14.8 Å². The summed E-state index contributed by atoms with van der Waals surface area (Å²) in [7, 11) is -3.64. The number of carbonyl (C=O) groups is 1. The van der Waals surface area contributed by atoms with Crippen LogP contribution in [0.1, 0.15) is 30.1 Å². The van der Waals surface area contributed by atoms with Crippen LogP contribution in [0.3, 0.4) is 0 Å². The van der Waals surface area contributed by atoms with Crippen LogP contribution >= 0.6 is 0 Å². The Morgan fingerprint density at radius 3 is 2.68 bits per heavy atom. The maximum atomic E-state index is 12.4. The van der Waals surface area contributed by atoms with Crippen LogP contribution in [0.25, 0.3) is 0 Å². The van der Waals surface area contributed by atoms with E-state index in [1.54, 1.807) is 18.2 Å². The molecular formula is C20H24N2O5S. The van der Waals surface area contributed by atoms with Crippen molar-refractivity contribution in [1.29, 1.82) is 0 Å². The molecule has 1 aliphatic heterocycles. The fourth-order valence-electron chi connectivity index (χ4n) is 2.91. The fourth-order valence-corrected chi connectivity index (χ4v) is 3.98. The van der Waals surface area contributed by atoms with Gasteiger partial charge in [0.25, 0.3) is 5.91 Å². The molecule has 2 aromatic carbocycles. The number of hydrogen-bond donors (Lipinski definition) is 2. The van der Waals surface area contributed by atoms with E-state index in [1.807, 2.05) is 13.0 Å². The Morgan fingerprint density at radius 2 is 2.00 bits per heavy atom. The molecule has 0 aliphatic carbocycles. The van der Waals surface area contributed by atoms with Crippen LogP contribution in [0.15, 0.2) is 53.4 Å². The monoisotopic (exact) mass is 404 g/mol. The summed E-state index contributed by atoms with van der Waals surface area (Å²) in [5.74, 6) is 0.337. The minimum Gasteiger partial charge on any atom is -0.494 e. The zero-order chi connectivity index (χ0) is 20.0. The summed E-state index contributed by atoms with van der Waals surface area (Å²) in [4.78, 5) is 12.5. The summed E-state index contributed by atoms with van der Waals surface area (Å²) < 4.78 is 38.2. The lowest BCUT2D eigenvalue weighted by molar-refractivity contribution is 0.102. The SMILES string of the molecule is CCOc1cccc(NC(=O)c2ccc(S(=O)(=O)NCC3CCCO3)cc2)c1. The summed E-state index contributed by atoms with van der Waals surface area (Å²) in [6.07, 6.45) is 1.72. The van der Waals surface area contributed by atoms with Crippen molar-refractivity contribution in [3.05, 3.63) is 54.1 Å². The van der Waals surface area contributed by atoms with E-state index in [-0.39, 0.29) is 23.5 Å². The topological polar surface area (TPSA) is 93.7 Å². The van der Waals surface area contributed by atoms with Crippen LogP contribution in [0.5, 0.6) is 5.75 Å². The number of ether oxygens (including phenoxy) is 2. The summed E-state index contributed by atoms with van der Waals surface area (Å²) in [6.45, 7) is 3.34. The van der Waals surface area contributed by atoms with Crippen LogP contribution in [0.2, 0.25) is 0 Å². The van der Waals surface area contributed by atoms with Crippen LogP contribution in [-0.4, -0.2) is 40.2 Å². The Kier molecular flexibility index (Phi) is 6.66. The molecule has 150 valence electrons. The third-order valence-corrected chi connectivity index (χ3v) is 5.79. The quantitative estimate of drug-likeness (QED) is 0.706. The summed E-state index contributed by atoms with van der Waals surface area (Å²) in [6, 6.07) is 12.9. The lowest BCUT2D eigenvalue weighted by atomic mass is 10.2. The van der Waals surface area contributed by atoms with Gasteiger partial charge in [0.15, 0.2) is 0 Å². The highest BCUT2D eigenvalue weighted by atomic mass is 32.2. The lowest BCUT2D eigenvalue weighted by Crippen LogP contribution is -2.31. The van der Waals surface area contributed by atoms with Crippen molar-refractivity contribution < 1.29 is 22.7 Å². The van der Waals surface area contributed by atoms with Gasteiger partial charge in [-0.25, -0.2) is 13.1 Å². The molecule has 2 aromatic rings. The van der Waals surface area contributed by atoms with E-state index in [4.69, 9.17) is 9.47 Å². The van der Waals surface area contributed by atoms with E-state index < -0.39 is 10.0 Å². The molecule has 0 aromatic heterocycles. The summed E-state index contributed by atoms with van der Waals surface area (Å²) in [5, 5.41) is 2.78. The van der Waals surface area contributed by atoms with Gasteiger partial charge >= 0.3 is 0 Å². The van der Waals surface area contributed by atoms with Gasteiger partial charge in [-0.05, 0) is 56.2 Å². The first-order chi connectivity index (χ1) is 13.5. The van der Waals surface area contributed by atoms with Gasteiger partial charge in [0, 0.05) is 30.5 Å². The number of hydrogen-bond acceptors (Lipinski definition) is 5.